The summed E-state index contributed by atoms with van der Waals surface area (Å²) in [4.78, 5) is 10.8. The molecule has 0 aromatic rings. The third kappa shape index (κ3) is 4.81. The maximum atomic E-state index is 10.8. The van der Waals surface area contributed by atoms with Crippen molar-refractivity contribution < 1.29 is 14.6 Å². The predicted molar refractivity (Wildman–Crippen MR) is 42.3 cm³/mol. The van der Waals surface area contributed by atoms with Gasteiger partial charge < -0.3 is 9.84 Å². The molecule has 0 saturated carbocycles. The van der Waals surface area contributed by atoms with Gasteiger partial charge in [-0.2, -0.15) is 0 Å². The smallest absolute Gasteiger partial charge is 0.334 e. The highest BCUT2D eigenvalue weighted by atomic mass is 35.5. The minimum absolute atomic E-state index is 0.0247. The Morgan fingerprint density at radius 2 is 2.36 bits per heavy atom. The maximum Gasteiger partial charge on any atom is 0.334 e. The zero-order valence-electron chi connectivity index (χ0n) is 6.34. The van der Waals surface area contributed by atoms with E-state index >= 15 is 0 Å². The van der Waals surface area contributed by atoms with Crippen LogP contribution >= 0.6 is 11.6 Å². The van der Waals surface area contributed by atoms with E-state index in [2.05, 4.69) is 4.74 Å². The molecule has 0 bridgehead atoms. The highest BCUT2D eigenvalue weighted by Gasteiger charge is 2.03. The number of aliphatic hydroxyl groups excluding tert-OH is 1. The Hall–Kier alpha value is -0.540. The topological polar surface area (TPSA) is 46.5 Å². The monoisotopic (exact) mass is 178 g/mol. The highest BCUT2D eigenvalue weighted by Crippen LogP contribution is 1.98. The van der Waals surface area contributed by atoms with Crippen molar-refractivity contribution in [1.29, 1.82) is 0 Å². The molecule has 0 aliphatic rings. The minimum Gasteiger partial charge on any atom is -0.462 e. The summed E-state index contributed by atoms with van der Waals surface area (Å²) in [5.74, 6) is -0.437. The summed E-state index contributed by atoms with van der Waals surface area (Å²) in [6.07, 6.45) is 0.460. The molecule has 4 heteroatoms. The number of rotatable bonds is 4. The van der Waals surface area contributed by atoms with Crippen LogP contribution in [0.4, 0.5) is 0 Å². The van der Waals surface area contributed by atoms with Crippen molar-refractivity contribution >= 4 is 17.6 Å². The fraction of sp³-hybridized carbons (Fsp3) is 0.571. The van der Waals surface area contributed by atoms with Crippen molar-refractivity contribution in [3.05, 3.63) is 11.1 Å². The Kier molecular flexibility index (Phi) is 5.88. The summed E-state index contributed by atoms with van der Waals surface area (Å²) >= 11 is 5.25. The first-order valence-corrected chi connectivity index (χ1v) is 3.71. The summed E-state index contributed by atoms with van der Waals surface area (Å²) in [6, 6.07) is 0. The van der Waals surface area contributed by atoms with Gasteiger partial charge in [0.15, 0.2) is 0 Å². The lowest BCUT2D eigenvalue weighted by Crippen LogP contribution is -2.07. The molecule has 0 aromatic carbocycles. The molecule has 0 saturated heterocycles. The van der Waals surface area contributed by atoms with E-state index in [4.69, 9.17) is 16.7 Å². The van der Waals surface area contributed by atoms with E-state index in [0.717, 1.165) is 0 Å². The van der Waals surface area contributed by atoms with Gasteiger partial charge in [0.2, 0.25) is 0 Å². The average molecular weight is 179 g/mol. The van der Waals surface area contributed by atoms with E-state index in [-0.39, 0.29) is 13.2 Å². The fourth-order valence-corrected chi connectivity index (χ4v) is 0.477. The molecule has 0 amide bonds. The predicted octanol–water partition coefficient (Wildman–Crippen LogP) is 1.05. The molecule has 3 nitrogen and oxygen atoms in total. The van der Waals surface area contributed by atoms with E-state index in [1.165, 1.54) is 5.54 Å². The van der Waals surface area contributed by atoms with Gasteiger partial charge >= 0.3 is 5.97 Å². The molecular weight excluding hydrogens is 168 g/mol. The summed E-state index contributed by atoms with van der Waals surface area (Å²) in [6.45, 7) is 1.82. The van der Waals surface area contributed by atoms with Crippen LogP contribution in [0.1, 0.15) is 13.3 Å². The molecule has 0 rings (SSSR count). The molecule has 0 heterocycles. The van der Waals surface area contributed by atoms with Crippen molar-refractivity contribution in [2.75, 3.05) is 13.2 Å². The molecule has 0 aromatic heterocycles. The molecule has 0 fully saturated rings. The van der Waals surface area contributed by atoms with Crippen LogP contribution in [0.3, 0.4) is 0 Å². The number of aliphatic hydroxyl groups is 1. The van der Waals surface area contributed by atoms with Crippen LogP contribution in [0.5, 0.6) is 0 Å². The average Bonchev–Trinajstić information content (AvgIpc) is 2.03. The molecule has 0 aliphatic carbocycles. The Labute approximate surface area is 70.6 Å². The number of halogens is 1. The van der Waals surface area contributed by atoms with Crippen LogP contribution in [0.15, 0.2) is 11.1 Å². The second kappa shape index (κ2) is 6.19. The summed E-state index contributed by atoms with van der Waals surface area (Å²) in [7, 11) is 0. The third-order valence-electron chi connectivity index (χ3n) is 1.02. The van der Waals surface area contributed by atoms with Crippen LogP contribution in [-0.2, 0) is 9.53 Å². The van der Waals surface area contributed by atoms with Crippen LogP contribution in [0.2, 0.25) is 0 Å². The zero-order chi connectivity index (χ0) is 8.69. The number of esters is 1. The van der Waals surface area contributed by atoms with Crippen molar-refractivity contribution in [2.45, 2.75) is 13.3 Å². The van der Waals surface area contributed by atoms with Gasteiger partial charge in [0.05, 0.1) is 6.61 Å². The number of hydrogen-bond acceptors (Lipinski definition) is 3. The fourth-order valence-electron chi connectivity index (χ4n) is 0.388. The van der Waals surface area contributed by atoms with Gasteiger partial charge in [0.1, 0.15) is 0 Å². The molecule has 0 spiro atoms. The number of hydrogen-bond donors (Lipinski definition) is 1. The lowest BCUT2D eigenvalue weighted by atomic mass is 10.4. The zero-order valence-corrected chi connectivity index (χ0v) is 7.10. The van der Waals surface area contributed by atoms with Gasteiger partial charge in [-0.15, -0.1) is 0 Å². The lowest BCUT2D eigenvalue weighted by Gasteiger charge is -2.01. The first kappa shape index (κ1) is 10.5. The molecular formula is C7H11ClO3. The largest absolute Gasteiger partial charge is 0.462 e. The summed E-state index contributed by atoms with van der Waals surface area (Å²) in [5.41, 5.74) is 1.53. The second-order valence-electron chi connectivity index (χ2n) is 2.01. The molecule has 64 valence electrons. The van der Waals surface area contributed by atoms with Gasteiger partial charge in [-0.05, 0) is 6.92 Å². The summed E-state index contributed by atoms with van der Waals surface area (Å²) in [5, 5.41) is 8.34. The van der Waals surface area contributed by atoms with Crippen LogP contribution in [0, 0.1) is 0 Å². The van der Waals surface area contributed by atoms with Gasteiger partial charge in [-0.1, -0.05) is 11.6 Å². The van der Waals surface area contributed by atoms with Gasteiger partial charge in [-0.3, -0.25) is 0 Å². The Balaban J connectivity index is 3.53. The van der Waals surface area contributed by atoms with Gasteiger partial charge in [0.25, 0.3) is 0 Å². The van der Waals surface area contributed by atoms with Gasteiger partial charge in [-0.25, -0.2) is 4.79 Å². The van der Waals surface area contributed by atoms with E-state index in [1.54, 1.807) is 6.92 Å². The Morgan fingerprint density at radius 3 is 2.82 bits per heavy atom. The van der Waals surface area contributed by atoms with Crippen molar-refractivity contribution in [3.8, 4) is 0 Å². The van der Waals surface area contributed by atoms with Gasteiger partial charge in [0, 0.05) is 24.1 Å². The first-order chi connectivity index (χ1) is 5.22. The molecule has 0 unspecified atom stereocenters. The lowest BCUT2D eigenvalue weighted by molar-refractivity contribution is -0.139. The first-order valence-electron chi connectivity index (χ1n) is 3.27. The van der Waals surface area contributed by atoms with E-state index in [9.17, 15) is 4.79 Å². The number of carbonyl (C=O) groups is 1. The van der Waals surface area contributed by atoms with E-state index in [1.807, 2.05) is 0 Å². The van der Waals surface area contributed by atoms with Crippen LogP contribution < -0.4 is 0 Å². The van der Waals surface area contributed by atoms with E-state index in [0.29, 0.717) is 12.0 Å². The third-order valence-corrected chi connectivity index (χ3v) is 1.35. The number of carbonyl (C=O) groups excluding carboxylic acids is 1. The second-order valence-corrected chi connectivity index (χ2v) is 2.22. The molecule has 11 heavy (non-hydrogen) atoms. The SMILES string of the molecule is CC(=CCl)C(=O)OCCCO. The molecule has 0 aliphatic heterocycles. The molecule has 0 atom stereocenters. The van der Waals surface area contributed by atoms with Crippen LogP contribution in [-0.4, -0.2) is 24.3 Å². The summed E-state index contributed by atoms with van der Waals surface area (Å²) < 4.78 is 4.68. The Morgan fingerprint density at radius 1 is 1.73 bits per heavy atom. The minimum atomic E-state index is -0.437. The standard InChI is InChI=1S/C7H11ClO3/c1-6(5-8)7(10)11-4-2-3-9/h5,9H,2-4H2,1H3. The molecule has 0 radical (unpaired) electrons. The van der Waals surface area contributed by atoms with E-state index < -0.39 is 5.97 Å². The van der Waals surface area contributed by atoms with Crippen molar-refractivity contribution in [3.63, 3.8) is 0 Å². The van der Waals surface area contributed by atoms with Crippen molar-refractivity contribution in [2.24, 2.45) is 0 Å². The highest BCUT2D eigenvalue weighted by molar-refractivity contribution is 6.27. The normalized spacial score (nSPS) is 11.4. The van der Waals surface area contributed by atoms with Crippen LogP contribution in [0.25, 0.3) is 0 Å². The quantitative estimate of drug-likeness (QED) is 0.398. The van der Waals surface area contributed by atoms with Crippen molar-refractivity contribution in [1.82, 2.24) is 0 Å². The maximum absolute atomic E-state index is 10.8. The molecule has 1 N–H and O–H groups in total. The number of ether oxygens (including phenoxy) is 1. The Bertz CT molecular complexity index is 154.